The lowest BCUT2D eigenvalue weighted by molar-refractivity contribution is -0.122. The minimum absolute atomic E-state index is 0.0484. The average molecular weight is 373 g/mol. The van der Waals surface area contributed by atoms with Crippen LogP contribution in [0.15, 0.2) is 16.7 Å². The number of carbonyl (C=O) groups is 3. The molecule has 22 heavy (non-hydrogen) atoms. The van der Waals surface area contributed by atoms with Crippen molar-refractivity contribution in [1.82, 2.24) is 20.7 Å². The van der Waals surface area contributed by atoms with E-state index in [2.05, 4.69) is 32.1 Å². The van der Waals surface area contributed by atoms with Gasteiger partial charge in [0.05, 0.1) is 0 Å². The van der Waals surface area contributed by atoms with E-state index in [1.807, 2.05) is 0 Å². The molecular formula is C14H21BrN4O3. The van der Waals surface area contributed by atoms with E-state index in [-0.39, 0.29) is 17.7 Å². The summed E-state index contributed by atoms with van der Waals surface area (Å²) >= 11 is 3.28. The van der Waals surface area contributed by atoms with Gasteiger partial charge in [0.15, 0.2) is 0 Å². The lowest BCUT2D eigenvalue weighted by Gasteiger charge is -2.08. The van der Waals surface area contributed by atoms with Crippen molar-refractivity contribution in [3.05, 3.63) is 22.4 Å². The van der Waals surface area contributed by atoms with Gasteiger partial charge in [0.2, 0.25) is 11.8 Å². The van der Waals surface area contributed by atoms with Gasteiger partial charge in [-0.2, -0.15) is 0 Å². The Morgan fingerprint density at radius 2 is 1.91 bits per heavy atom. The lowest BCUT2D eigenvalue weighted by Crippen LogP contribution is -2.42. The number of halogens is 1. The van der Waals surface area contributed by atoms with Crippen LogP contribution in [0.25, 0.3) is 0 Å². The van der Waals surface area contributed by atoms with Gasteiger partial charge in [-0.25, -0.2) is 0 Å². The van der Waals surface area contributed by atoms with Crippen LogP contribution >= 0.6 is 15.9 Å². The molecule has 0 aromatic carbocycles. The highest BCUT2D eigenvalue weighted by Gasteiger charge is 2.11. The largest absolute Gasteiger partial charge is 0.356 e. The van der Waals surface area contributed by atoms with Crippen LogP contribution in [-0.2, 0) is 16.6 Å². The van der Waals surface area contributed by atoms with Crippen LogP contribution in [0.3, 0.4) is 0 Å². The highest BCUT2D eigenvalue weighted by molar-refractivity contribution is 9.10. The minimum Gasteiger partial charge on any atom is -0.356 e. The Bertz CT molecular complexity index is 542. The number of rotatable bonds is 7. The van der Waals surface area contributed by atoms with Gasteiger partial charge in [0.1, 0.15) is 5.69 Å². The number of hydrazine groups is 1. The number of unbranched alkanes of at least 4 members (excludes halogenated alkanes) is 2. The highest BCUT2D eigenvalue weighted by Crippen LogP contribution is 2.13. The molecule has 0 spiro atoms. The fourth-order valence-electron chi connectivity index (χ4n) is 1.85. The molecule has 3 amide bonds. The molecule has 1 aromatic rings. The summed E-state index contributed by atoms with van der Waals surface area (Å²) < 4.78 is 2.46. The molecule has 122 valence electrons. The number of carbonyl (C=O) groups excluding carboxylic acids is 3. The molecule has 0 saturated carbocycles. The lowest BCUT2D eigenvalue weighted by atomic mass is 10.2. The fourth-order valence-corrected chi connectivity index (χ4v) is 2.38. The van der Waals surface area contributed by atoms with Crippen LogP contribution in [0.4, 0.5) is 0 Å². The van der Waals surface area contributed by atoms with E-state index < -0.39 is 0 Å². The van der Waals surface area contributed by atoms with Crippen molar-refractivity contribution in [3.63, 3.8) is 0 Å². The summed E-state index contributed by atoms with van der Waals surface area (Å²) in [5.74, 6) is -0.652. The molecule has 8 heteroatoms. The molecule has 7 nitrogen and oxygen atoms in total. The summed E-state index contributed by atoms with van der Waals surface area (Å²) in [6.45, 7) is 2.09. The minimum atomic E-state index is -0.368. The predicted octanol–water partition coefficient (Wildman–Crippen LogP) is 1.25. The summed E-state index contributed by atoms with van der Waals surface area (Å²) in [5, 5.41) is 2.70. The van der Waals surface area contributed by atoms with Crippen molar-refractivity contribution in [2.24, 2.45) is 7.05 Å². The smallest absolute Gasteiger partial charge is 0.286 e. The van der Waals surface area contributed by atoms with Gasteiger partial charge < -0.3 is 9.88 Å². The van der Waals surface area contributed by atoms with Crippen molar-refractivity contribution < 1.29 is 14.4 Å². The van der Waals surface area contributed by atoms with Crippen LogP contribution in [0.1, 0.15) is 43.1 Å². The molecule has 0 unspecified atom stereocenters. The van der Waals surface area contributed by atoms with Crippen LogP contribution in [0.5, 0.6) is 0 Å². The van der Waals surface area contributed by atoms with Crippen molar-refractivity contribution in [2.75, 3.05) is 6.54 Å². The zero-order chi connectivity index (χ0) is 16.5. The van der Waals surface area contributed by atoms with Gasteiger partial charge in [-0.3, -0.25) is 25.2 Å². The molecule has 0 atom stereocenters. The Morgan fingerprint density at radius 3 is 2.50 bits per heavy atom. The molecule has 3 N–H and O–H groups in total. The third-order valence-corrected chi connectivity index (χ3v) is 3.41. The van der Waals surface area contributed by atoms with Crippen LogP contribution in [0.2, 0.25) is 0 Å². The number of aromatic nitrogens is 1. The van der Waals surface area contributed by atoms with Crippen LogP contribution in [-0.4, -0.2) is 28.8 Å². The van der Waals surface area contributed by atoms with Gasteiger partial charge in [-0.15, -0.1) is 0 Å². The van der Waals surface area contributed by atoms with E-state index in [9.17, 15) is 14.4 Å². The molecule has 1 rings (SSSR count). The molecule has 0 aliphatic heterocycles. The van der Waals surface area contributed by atoms with Gasteiger partial charge >= 0.3 is 0 Å². The molecule has 0 aliphatic rings. The number of aryl methyl sites for hydroxylation is 1. The van der Waals surface area contributed by atoms with Gasteiger partial charge in [-0.05, 0) is 34.8 Å². The molecule has 0 aliphatic carbocycles. The molecule has 1 heterocycles. The molecule has 0 fully saturated rings. The van der Waals surface area contributed by atoms with Crippen LogP contribution in [0, 0.1) is 0 Å². The Labute approximate surface area is 137 Å². The Morgan fingerprint density at radius 1 is 1.18 bits per heavy atom. The number of nitrogens with zero attached hydrogens (tertiary/aromatic N) is 1. The first kappa shape index (κ1) is 18.2. The molecule has 1 aromatic heterocycles. The first-order valence-corrected chi connectivity index (χ1v) is 7.85. The van der Waals surface area contributed by atoms with E-state index in [0.717, 1.165) is 17.3 Å². The first-order chi connectivity index (χ1) is 10.4. The van der Waals surface area contributed by atoms with Crippen molar-refractivity contribution >= 4 is 33.7 Å². The molecule has 0 bridgehead atoms. The first-order valence-electron chi connectivity index (χ1n) is 7.05. The summed E-state index contributed by atoms with van der Waals surface area (Å²) in [6.07, 6.45) is 4.46. The Hall–Kier alpha value is -1.83. The van der Waals surface area contributed by atoms with E-state index >= 15 is 0 Å². The molecule has 0 saturated heterocycles. The van der Waals surface area contributed by atoms with Gasteiger partial charge in [-0.1, -0.05) is 6.42 Å². The Balaban J connectivity index is 2.16. The monoisotopic (exact) mass is 372 g/mol. The zero-order valence-electron chi connectivity index (χ0n) is 12.7. The normalized spacial score (nSPS) is 10.1. The van der Waals surface area contributed by atoms with E-state index in [1.165, 1.54) is 6.92 Å². The van der Waals surface area contributed by atoms with Gasteiger partial charge in [0.25, 0.3) is 5.91 Å². The van der Waals surface area contributed by atoms with E-state index in [1.54, 1.807) is 23.9 Å². The number of nitrogens with one attached hydrogen (secondary N) is 3. The SMILES string of the molecule is CC(=O)NCCCCCC(=O)NNC(=O)c1cc(Br)cn1C. The van der Waals surface area contributed by atoms with Crippen LogP contribution < -0.4 is 16.2 Å². The van der Waals surface area contributed by atoms with Crippen molar-refractivity contribution in [3.8, 4) is 0 Å². The number of hydrogen-bond donors (Lipinski definition) is 3. The van der Waals surface area contributed by atoms with E-state index in [4.69, 9.17) is 0 Å². The summed E-state index contributed by atoms with van der Waals surface area (Å²) in [6, 6.07) is 1.67. The predicted molar refractivity (Wildman–Crippen MR) is 85.9 cm³/mol. The average Bonchev–Trinajstić information content (AvgIpc) is 2.78. The van der Waals surface area contributed by atoms with E-state index in [0.29, 0.717) is 25.1 Å². The third-order valence-electron chi connectivity index (χ3n) is 2.97. The number of hydrogen-bond acceptors (Lipinski definition) is 3. The highest BCUT2D eigenvalue weighted by atomic mass is 79.9. The summed E-state index contributed by atoms with van der Waals surface area (Å²) in [5.41, 5.74) is 5.22. The maximum atomic E-state index is 11.9. The van der Waals surface area contributed by atoms with Crippen molar-refractivity contribution in [2.45, 2.75) is 32.6 Å². The summed E-state index contributed by atoms with van der Waals surface area (Å²) in [7, 11) is 1.75. The Kier molecular flexibility index (Phi) is 7.65. The standard InChI is InChI=1S/C14H21BrN4O3/c1-10(20)16-7-5-3-4-6-13(21)17-18-14(22)12-8-11(15)9-19(12)2/h8-9H,3-7H2,1-2H3,(H,16,20)(H,17,21)(H,18,22). The second kappa shape index (κ2) is 9.24. The second-order valence-corrected chi connectivity index (χ2v) is 5.87. The quantitative estimate of drug-likeness (QED) is 0.496. The maximum Gasteiger partial charge on any atom is 0.286 e. The zero-order valence-corrected chi connectivity index (χ0v) is 14.3. The fraction of sp³-hybridized carbons (Fsp3) is 0.500. The molecule has 0 radical (unpaired) electrons. The molecular weight excluding hydrogens is 352 g/mol. The third kappa shape index (κ3) is 6.75. The summed E-state index contributed by atoms with van der Waals surface area (Å²) in [4.78, 5) is 34.1. The number of amides is 3. The van der Waals surface area contributed by atoms with Gasteiger partial charge in [0, 0.05) is 37.6 Å². The maximum absolute atomic E-state index is 11.9. The topological polar surface area (TPSA) is 92.2 Å². The van der Waals surface area contributed by atoms with Crippen molar-refractivity contribution in [1.29, 1.82) is 0 Å². The second-order valence-electron chi connectivity index (χ2n) is 4.95.